The number of halogens is 6. The van der Waals surface area contributed by atoms with Crippen LogP contribution in [0.3, 0.4) is 0 Å². The van der Waals surface area contributed by atoms with Crippen LogP contribution in [-0.2, 0) is 5.41 Å². The first kappa shape index (κ1) is 40.3. The second-order valence-electron chi connectivity index (χ2n) is 13.3. The summed E-state index contributed by atoms with van der Waals surface area (Å²) in [4.78, 5) is 12.1. The summed E-state index contributed by atoms with van der Waals surface area (Å²) in [6, 6.07) is 41.1. The molecule has 0 aliphatic carbocycles. The van der Waals surface area contributed by atoms with Crippen molar-refractivity contribution in [1.82, 2.24) is 0 Å². The lowest BCUT2D eigenvalue weighted by atomic mass is 9.72. The Bertz CT molecular complexity index is 1900. The van der Waals surface area contributed by atoms with Crippen molar-refractivity contribution >= 4 is 5.78 Å². The lowest BCUT2D eigenvalue weighted by Crippen LogP contribution is -2.54. The van der Waals surface area contributed by atoms with Gasteiger partial charge in [-0.15, -0.1) is 0 Å². The van der Waals surface area contributed by atoms with E-state index in [1.54, 1.807) is 13.8 Å². The first-order valence-electron chi connectivity index (χ1n) is 17.0. The summed E-state index contributed by atoms with van der Waals surface area (Å²) in [6.45, 7) is 11.4. The van der Waals surface area contributed by atoms with Gasteiger partial charge >= 0.3 is 12.4 Å². The Morgan fingerprint density at radius 3 is 0.774 bits per heavy atom. The molecule has 0 unspecified atom stereocenters. The quantitative estimate of drug-likeness (QED) is 0.128. The van der Waals surface area contributed by atoms with Crippen molar-refractivity contribution in [3.8, 4) is 11.1 Å². The van der Waals surface area contributed by atoms with E-state index in [-0.39, 0.29) is 5.78 Å². The highest BCUT2D eigenvalue weighted by atomic mass is 19.4. The summed E-state index contributed by atoms with van der Waals surface area (Å²) in [5, 5.41) is 0. The van der Waals surface area contributed by atoms with E-state index < -0.39 is 28.9 Å². The number of hydrogen-bond acceptors (Lipinski definition) is 1. The number of rotatable bonds is 5. The summed E-state index contributed by atoms with van der Waals surface area (Å²) in [5.74, 6) is 0.0833. The minimum Gasteiger partial charge on any atom is -0.289 e. The molecule has 6 rings (SSSR count). The van der Waals surface area contributed by atoms with Gasteiger partial charge in [0.15, 0.2) is 5.78 Å². The van der Waals surface area contributed by atoms with Crippen LogP contribution in [0.2, 0.25) is 0 Å². The molecule has 0 saturated heterocycles. The number of carbonyl (C=O) groups excluding carboxylic acids is 1. The predicted octanol–water partition coefficient (Wildman–Crippen LogP) is 13.2. The topological polar surface area (TPSA) is 17.1 Å². The average molecular weight is 725 g/mol. The molecule has 6 aromatic carbocycles. The van der Waals surface area contributed by atoms with E-state index in [0.29, 0.717) is 11.1 Å². The molecule has 6 aromatic rings. The zero-order chi connectivity index (χ0) is 39.0. The van der Waals surface area contributed by atoms with Crippen LogP contribution in [0, 0.1) is 41.5 Å². The minimum absolute atomic E-state index is 0.0833. The third kappa shape index (κ3) is 9.92. The molecule has 0 aliphatic heterocycles. The Morgan fingerprint density at radius 1 is 0.340 bits per heavy atom. The number of carbonyl (C=O) groups is 1. The zero-order valence-corrected chi connectivity index (χ0v) is 30.5. The summed E-state index contributed by atoms with van der Waals surface area (Å²) >= 11 is 0. The number of aryl methyl sites for hydroxylation is 6. The molecule has 1 nitrogen and oxygen atoms in total. The standard InChI is InChI=1S/C17H14F6.C15H14O.C14H14/c1-11-3-7-13(8-4-11)15(16(18,19)20,17(21,22)23)14-9-5-12(2)6-10-14;1-11-3-7-13(8-4-11)15(16)14-9-5-12(2)6-10-14;1-11-3-7-13(8-4-11)14-9-5-12(2)6-10-14/h3-10H,1-2H3;3-10H,1-2H3;3-10H,1-2H3. The van der Waals surface area contributed by atoms with Crippen molar-refractivity contribution in [2.45, 2.75) is 59.3 Å². The van der Waals surface area contributed by atoms with Crippen molar-refractivity contribution in [1.29, 1.82) is 0 Å². The van der Waals surface area contributed by atoms with Gasteiger partial charge in [-0.1, -0.05) is 179 Å². The first-order chi connectivity index (χ1) is 24.9. The van der Waals surface area contributed by atoms with Gasteiger partial charge in [0.25, 0.3) is 0 Å². The minimum atomic E-state index is -5.53. The van der Waals surface area contributed by atoms with Gasteiger partial charge in [0.1, 0.15) is 0 Å². The maximum atomic E-state index is 13.7. The Kier molecular flexibility index (Phi) is 12.9. The fourth-order valence-electron chi connectivity index (χ4n) is 5.66. The lowest BCUT2D eigenvalue weighted by Gasteiger charge is -2.38. The zero-order valence-electron chi connectivity index (χ0n) is 30.5. The highest BCUT2D eigenvalue weighted by Gasteiger charge is 2.72. The summed E-state index contributed by atoms with van der Waals surface area (Å²) < 4.78 is 82.3. The summed E-state index contributed by atoms with van der Waals surface area (Å²) in [6.07, 6.45) is -11.1. The molecular formula is C46H42F6O. The molecule has 0 radical (unpaired) electrons. The molecule has 0 N–H and O–H groups in total. The van der Waals surface area contributed by atoms with Gasteiger partial charge in [-0.05, 0) is 63.8 Å². The SMILES string of the molecule is Cc1ccc(-c2ccc(C)cc2)cc1.Cc1ccc(C(=O)c2ccc(C)cc2)cc1.Cc1ccc(C(c2ccc(C)cc2)(C(F)(F)F)C(F)(F)F)cc1. The fourth-order valence-corrected chi connectivity index (χ4v) is 5.66. The molecule has 53 heavy (non-hydrogen) atoms. The molecule has 0 saturated carbocycles. The molecule has 0 aliphatic rings. The molecule has 0 aromatic heterocycles. The van der Waals surface area contributed by atoms with Gasteiger partial charge in [-0.2, -0.15) is 26.3 Å². The second kappa shape index (κ2) is 16.9. The van der Waals surface area contributed by atoms with E-state index in [4.69, 9.17) is 0 Å². The van der Waals surface area contributed by atoms with E-state index in [0.717, 1.165) is 35.4 Å². The second-order valence-corrected chi connectivity index (χ2v) is 13.3. The van der Waals surface area contributed by atoms with Gasteiger partial charge in [0.05, 0.1) is 0 Å². The van der Waals surface area contributed by atoms with Crippen LogP contribution in [0.1, 0.15) is 60.4 Å². The van der Waals surface area contributed by atoms with Crippen molar-refractivity contribution in [2.75, 3.05) is 0 Å². The van der Waals surface area contributed by atoms with Gasteiger partial charge in [-0.3, -0.25) is 4.79 Å². The Hall–Kier alpha value is -5.43. The Labute approximate surface area is 308 Å². The molecule has 0 heterocycles. The van der Waals surface area contributed by atoms with Gasteiger partial charge in [0.2, 0.25) is 5.41 Å². The number of hydrogen-bond donors (Lipinski definition) is 0. The van der Waals surface area contributed by atoms with E-state index in [2.05, 4.69) is 62.4 Å². The third-order valence-electron chi connectivity index (χ3n) is 8.88. The maximum absolute atomic E-state index is 13.7. The van der Waals surface area contributed by atoms with Gasteiger partial charge in [-0.25, -0.2) is 0 Å². The van der Waals surface area contributed by atoms with Crippen molar-refractivity contribution < 1.29 is 31.1 Å². The smallest absolute Gasteiger partial charge is 0.289 e. The molecule has 0 atom stereocenters. The van der Waals surface area contributed by atoms with Crippen molar-refractivity contribution in [2.24, 2.45) is 0 Å². The van der Waals surface area contributed by atoms with E-state index in [9.17, 15) is 31.1 Å². The highest BCUT2D eigenvalue weighted by Crippen LogP contribution is 2.56. The number of benzene rings is 6. The molecule has 0 fully saturated rings. The van der Waals surface area contributed by atoms with Crippen molar-refractivity contribution in [3.05, 3.63) is 201 Å². The van der Waals surface area contributed by atoms with E-state index >= 15 is 0 Å². The van der Waals surface area contributed by atoms with E-state index in [1.807, 2.05) is 62.4 Å². The van der Waals surface area contributed by atoms with E-state index in [1.165, 1.54) is 57.6 Å². The first-order valence-corrected chi connectivity index (χ1v) is 17.0. The maximum Gasteiger partial charge on any atom is 0.411 e. The highest BCUT2D eigenvalue weighted by molar-refractivity contribution is 6.09. The Balaban J connectivity index is 0.000000184. The van der Waals surface area contributed by atoms with Crippen LogP contribution in [0.4, 0.5) is 26.3 Å². The fraction of sp³-hybridized carbons (Fsp3) is 0.196. The molecule has 0 bridgehead atoms. The van der Waals surface area contributed by atoms with Crippen LogP contribution >= 0.6 is 0 Å². The number of alkyl halides is 6. The van der Waals surface area contributed by atoms with Gasteiger partial charge < -0.3 is 0 Å². The Morgan fingerprint density at radius 2 is 0.547 bits per heavy atom. The molecule has 7 heteroatoms. The third-order valence-corrected chi connectivity index (χ3v) is 8.88. The normalized spacial score (nSPS) is 11.5. The molecule has 0 spiro atoms. The van der Waals surface area contributed by atoms with Crippen LogP contribution in [0.25, 0.3) is 11.1 Å². The monoisotopic (exact) mass is 724 g/mol. The lowest BCUT2D eigenvalue weighted by molar-refractivity contribution is -0.288. The molecule has 274 valence electrons. The summed E-state index contributed by atoms with van der Waals surface area (Å²) in [5.41, 5.74) is 4.44. The molecule has 0 amide bonds. The summed E-state index contributed by atoms with van der Waals surface area (Å²) in [7, 11) is 0. The van der Waals surface area contributed by atoms with Crippen LogP contribution in [-0.4, -0.2) is 18.1 Å². The van der Waals surface area contributed by atoms with Gasteiger partial charge in [0, 0.05) is 11.1 Å². The average Bonchev–Trinajstić information content (AvgIpc) is 3.11. The van der Waals surface area contributed by atoms with Crippen LogP contribution < -0.4 is 0 Å². The number of ketones is 1. The van der Waals surface area contributed by atoms with Crippen LogP contribution in [0.5, 0.6) is 0 Å². The predicted molar refractivity (Wildman–Crippen MR) is 202 cm³/mol. The van der Waals surface area contributed by atoms with Crippen LogP contribution in [0.15, 0.2) is 146 Å². The van der Waals surface area contributed by atoms with Crippen molar-refractivity contribution in [3.63, 3.8) is 0 Å². The molecular weight excluding hydrogens is 682 g/mol. The largest absolute Gasteiger partial charge is 0.411 e.